The van der Waals surface area contributed by atoms with Crippen molar-refractivity contribution in [3.8, 4) is 0 Å². The molecule has 106 valence electrons. The summed E-state index contributed by atoms with van der Waals surface area (Å²) in [7, 11) is 0. The molecule has 6 heteroatoms. The first-order valence-corrected chi connectivity index (χ1v) is 6.38. The molecule has 1 saturated heterocycles. The zero-order valence-electron chi connectivity index (χ0n) is 11.1. The smallest absolute Gasteiger partial charge is 0.242 e. The molecule has 2 amide bonds. The Morgan fingerprint density at radius 1 is 1.50 bits per heavy atom. The number of rotatable bonds is 5. The minimum Gasteiger partial charge on any atom is -0.354 e. The molecule has 0 saturated carbocycles. The quantitative estimate of drug-likeness (QED) is 0.687. The zero-order valence-corrected chi connectivity index (χ0v) is 11.9. The van der Waals surface area contributed by atoms with Gasteiger partial charge in [0.15, 0.2) is 0 Å². The van der Waals surface area contributed by atoms with Crippen molar-refractivity contribution in [1.82, 2.24) is 10.6 Å². The van der Waals surface area contributed by atoms with Gasteiger partial charge in [-0.2, -0.15) is 0 Å². The lowest BCUT2D eigenvalue weighted by Crippen LogP contribution is -2.55. The van der Waals surface area contributed by atoms with Crippen LogP contribution in [0.1, 0.15) is 39.5 Å². The summed E-state index contributed by atoms with van der Waals surface area (Å²) in [5, 5.41) is 5.59. The maximum Gasteiger partial charge on any atom is 0.242 e. The van der Waals surface area contributed by atoms with E-state index < -0.39 is 5.41 Å². The molecular weight excluding hydrogens is 254 g/mol. The summed E-state index contributed by atoms with van der Waals surface area (Å²) in [6.07, 6.45) is 3.01. The van der Waals surface area contributed by atoms with Gasteiger partial charge in [0.25, 0.3) is 0 Å². The number of hydrogen-bond acceptors (Lipinski definition) is 3. The summed E-state index contributed by atoms with van der Waals surface area (Å²) >= 11 is 0. The van der Waals surface area contributed by atoms with Crippen LogP contribution in [0.15, 0.2) is 0 Å². The second kappa shape index (κ2) is 7.59. The summed E-state index contributed by atoms with van der Waals surface area (Å²) in [4.78, 5) is 23.8. The van der Waals surface area contributed by atoms with Crippen LogP contribution in [-0.2, 0) is 9.59 Å². The zero-order chi connectivity index (χ0) is 12.9. The fraction of sp³-hybridized carbons (Fsp3) is 0.833. The molecule has 1 aliphatic rings. The first-order valence-electron chi connectivity index (χ1n) is 6.38. The molecule has 1 atom stereocenters. The highest BCUT2D eigenvalue weighted by molar-refractivity contribution is 5.90. The van der Waals surface area contributed by atoms with Crippen molar-refractivity contribution in [3.05, 3.63) is 0 Å². The van der Waals surface area contributed by atoms with E-state index in [2.05, 4.69) is 10.6 Å². The number of nitrogens with two attached hydrogens (primary N) is 1. The number of halogens is 1. The average Bonchev–Trinajstić information content (AvgIpc) is 2.35. The molecule has 1 rings (SSSR count). The van der Waals surface area contributed by atoms with Crippen LogP contribution in [-0.4, -0.2) is 30.9 Å². The highest BCUT2D eigenvalue weighted by Crippen LogP contribution is 2.25. The lowest BCUT2D eigenvalue weighted by atomic mass is 9.81. The Kier molecular flexibility index (Phi) is 7.25. The molecule has 4 N–H and O–H groups in total. The van der Waals surface area contributed by atoms with Gasteiger partial charge in [-0.1, -0.05) is 13.8 Å². The van der Waals surface area contributed by atoms with E-state index in [1.165, 1.54) is 0 Å². The van der Waals surface area contributed by atoms with Gasteiger partial charge in [-0.05, 0) is 25.7 Å². The van der Waals surface area contributed by atoms with E-state index in [1.807, 2.05) is 13.8 Å². The predicted octanol–water partition coefficient (Wildman–Crippen LogP) is 0.568. The van der Waals surface area contributed by atoms with Crippen LogP contribution < -0.4 is 16.4 Å². The van der Waals surface area contributed by atoms with Gasteiger partial charge in [0, 0.05) is 13.1 Å². The Morgan fingerprint density at radius 3 is 2.56 bits per heavy atom. The Hall–Kier alpha value is -0.810. The minimum atomic E-state index is -0.530. The Labute approximate surface area is 115 Å². The van der Waals surface area contributed by atoms with Crippen LogP contribution in [0.4, 0.5) is 0 Å². The van der Waals surface area contributed by atoms with Gasteiger partial charge < -0.3 is 16.4 Å². The number of nitrogens with one attached hydrogen (secondary N) is 2. The van der Waals surface area contributed by atoms with Gasteiger partial charge in [0.05, 0.1) is 5.41 Å². The van der Waals surface area contributed by atoms with Crippen LogP contribution in [0.5, 0.6) is 0 Å². The Morgan fingerprint density at radius 2 is 2.11 bits per heavy atom. The van der Waals surface area contributed by atoms with E-state index in [0.29, 0.717) is 32.4 Å². The van der Waals surface area contributed by atoms with Gasteiger partial charge in [0.2, 0.25) is 11.8 Å². The fourth-order valence-electron chi connectivity index (χ4n) is 2.17. The summed E-state index contributed by atoms with van der Waals surface area (Å²) in [6.45, 7) is 4.93. The number of hydrogen-bond donors (Lipinski definition) is 3. The van der Waals surface area contributed by atoms with E-state index in [1.54, 1.807) is 0 Å². The van der Waals surface area contributed by atoms with E-state index in [0.717, 1.165) is 6.42 Å². The third-order valence-corrected chi connectivity index (χ3v) is 3.82. The molecule has 1 fully saturated rings. The maximum absolute atomic E-state index is 12.2. The van der Waals surface area contributed by atoms with Crippen molar-refractivity contribution >= 4 is 24.2 Å². The second-order valence-electron chi connectivity index (χ2n) is 4.65. The molecule has 0 aliphatic carbocycles. The molecule has 1 unspecified atom stereocenters. The van der Waals surface area contributed by atoms with Gasteiger partial charge in [0.1, 0.15) is 6.04 Å². The van der Waals surface area contributed by atoms with Gasteiger partial charge in [-0.3, -0.25) is 9.59 Å². The van der Waals surface area contributed by atoms with Crippen LogP contribution in [0, 0.1) is 5.41 Å². The standard InChI is InChI=1S/C12H23N3O2.ClH/c1-3-12(4-2,8-13)11(17)15-9-6-5-7-14-10(9)16;/h9H,3-8,13H2,1-2H3,(H,14,16)(H,15,17);1H. The van der Waals surface area contributed by atoms with Gasteiger partial charge in [-0.25, -0.2) is 0 Å². The first-order chi connectivity index (χ1) is 8.09. The summed E-state index contributed by atoms with van der Waals surface area (Å²) in [5.41, 5.74) is 5.18. The van der Waals surface area contributed by atoms with Crippen LogP contribution in [0.2, 0.25) is 0 Å². The molecule has 0 bridgehead atoms. The summed E-state index contributed by atoms with van der Waals surface area (Å²) in [5.74, 6) is -0.172. The average molecular weight is 278 g/mol. The molecule has 1 heterocycles. The number of carbonyl (C=O) groups is 2. The molecule has 0 spiro atoms. The predicted molar refractivity (Wildman–Crippen MR) is 73.5 cm³/mol. The van der Waals surface area contributed by atoms with Crippen molar-refractivity contribution in [2.45, 2.75) is 45.6 Å². The summed E-state index contributed by atoms with van der Waals surface area (Å²) in [6, 6.07) is -0.389. The van der Waals surface area contributed by atoms with Crippen molar-refractivity contribution in [3.63, 3.8) is 0 Å². The van der Waals surface area contributed by atoms with E-state index >= 15 is 0 Å². The van der Waals surface area contributed by atoms with E-state index in [-0.39, 0.29) is 30.3 Å². The van der Waals surface area contributed by atoms with Crippen molar-refractivity contribution in [2.24, 2.45) is 11.1 Å². The van der Waals surface area contributed by atoms with Crippen LogP contribution in [0.25, 0.3) is 0 Å². The van der Waals surface area contributed by atoms with Crippen molar-refractivity contribution in [2.75, 3.05) is 13.1 Å². The number of piperidine rings is 1. The molecular formula is C12H24ClN3O2. The van der Waals surface area contributed by atoms with Crippen LogP contribution >= 0.6 is 12.4 Å². The summed E-state index contributed by atoms with van der Waals surface area (Å²) < 4.78 is 0. The lowest BCUT2D eigenvalue weighted by Gasteiger charge is -2.32. The van der Waals surface area contributed by atoms with Gasteiger partial charge in [-0.15, -0.1) is 12.4 Å². The van der Waals surface area contributed by atoms with Crippen LogP contribution in [0.3, 0.4) is 0 Å². The molecule has 18 heavy (non-hydrogen) atoms. The third kappa shape index (κ3) is 3.59. The Balaban J connectivity index is 0.00000289. The lowest BCUT2D eigenvalue weighted by molar-refractivity contribution is -0.136. The molecule has 0 aromatic heterocycles. The SMILES string of the molecule is CCC(CC)(CN)C(=O)NC1CCCNC1=O.Cl. The van der Waals surface area contributed by atoms with E-state index in [4.69, 9.17) is 5.73 Å². The largest absolute Gasteiger partial charge is 0.354 e. The number of amides is 2. The molecule has 5 nitrogen and oxygen atoms in total. The molecule has 0 aromatic rings. The third-order valence-electron chi connectivity index (χ3n) is 3.82. The van der Waals surface area contributed by atoms with Crippen molar-refractivity contribution in [1.29, 1.82) is 0 Å². The van der Waals surface area contributed by atoms with Crippen molar-refractivity contribution < 1.29 is 9.59 Å². The normalized spacial score (nSPS) is 19.7. The topological polar surface area (TPSA) is 84.2 Å². The first kappa shape index (κ1) is 17.2. The molecule has 1 aliphatic heterocycles. The monoisotopic (exact) mass is 277 g/mol. The van der Waals surface area contributed by atoms with Gasteiger partial charge >= 0.3 is 0 Å². The number of carbonyl (C=O) groups excluding carboxylic acids is 2. The highest BCUT2D eigenvalue weighted by atomic mass is 35.5. The highest BCUT2D eigenvalue weighted by Gasteiger charge is 2.36. The Bertz CT molecular complexity index is 285. The maximum atomic E-state index is 12.2. The second-order valence-corrected chi connectivity index (χ2v) is 4.65. The fourth-order valence-corrected chi connectivity index (χ4v) is 2.17. The molecule has 0 radical (unpaired) electrons. The molecule has 0 aromatic carbocycles. The minimum absolute atomic E-state index is 0. The van der Waals surface area contributed by atoms with E-state index in [9.17, 15) is 9.59 Å².